The van der Waals surface area contributed by atoms with Crippen LogP contribution in [0.3, 0.4) is 0 Å². The number of nitrogens with one attached hydrogen (secondary N) is 2. The van der Waals surface area contributed by atoms with Crippen molar-refractivity contribution in [3.63, 3.8) is 0 Å². The molecule has 0 amide bonds. The summed E-state index contributed by atoms with van der Waals surface area (Å²) in [7, 11) is -3.97. The molecule has 7 rings (SSSR count). The molecular weight excluding hydrogens is 839 g/mol. The maximum Gasteiger partial charge on any atom is 0.353 e. The summed E-state index contributed by atoms with van der Waals surface area (Å²) in [4.78, 5) is 13.6. The SMILES string of the molecule is CC[C@@H](/C=C\CCC1(O)C[C@@H]2CC[C@@H]3C(C(=O)OC)=C(CCC[C@@H](C)O[Si](c4ccccc4)(c4ccccc4)C(C)(C)C)NC(=[N+]23)N1)O[Si](c1ccccc1)(c1ccccc1)C(C)(C)C. The van der Waals surface area contributed by atoms with Crippen LogP contribution in [0.15, 0.2) is 145 Å². The van der Waals surface area contributed by atoms with Gasteiger partial charge in [0.1, 0.15) is 11.6 Å². The summed E-state index contributed by atoms with van der Waals surface area (Å²) >= 11 is 0. The smallest absolute Gasteiger partial charge is 0.353 e. The summed E-state index contributed by atoms with van der Waals surface area (Å²) in [6.07, 6.45) is 10.9. The standard InChI is InChI=1S/C55H73N3O5Si2/c1-10-43(63-65(54(6,7)8,46-32-19-13-20-33-46)47-34-21-14-22-35-47)27-23-24-39-55(60)40-42-37-38-49-50(51(59)61-9)48(56-52(57-55)58(42)49)36-25-26-41(2)62-64(53(3,4)5,44-28-15-11-16-29-44)45-30-17-12-18-31-45/h11-23,27-35,41-43,49,60H,10,24-26,36-40H2,1-9H3,(H,56,57,59)/p+1/b27-23-/t41-,42+,43+,49-,55?/m1/s1. The van der Waals surface area contributed by atoms with Gasteiger partial charge in [-0.05, 0) is 76.3 Å². The second-order valence-electron chi connectivity index (χ2n) is 20.6. The number of benzene rings is 4. The van der Waals surface area contributed by atoms with Crippen molar-refractivity contribution >= 4 is 49.3 Å². The Bertz CT molecular complexity index is 2230. The van der Waals surface area contributed by atoms with E-state index in [0.717, 1.165) is 43.8 Å². The molecule has 1 unspecified atom stereocenters. The molecule has 0 bridgehead atoms. The van der Waals surface area contributed by atoms with Crippen molar-refractivity contribution in [2.45, 2.75) is 153 Å². The average Bonchev–Trinajstić information content (AvgIpc) is 3.71. The highest BCUT2D eigenvalue weighted by Gasteiger charge is 2.54. The van der Waals surface area contributed by atoms with Gasteiger partial charge in [0.15, 0.2) is 5.72 Å². The molecule has 1 saturated heterocycles. The average molecular weight is 913 g/mol. The van der Waals surface area contributed by atoms with E-state index in [0.29, 0.717) is 31.3 Å². The predicted molar refractivity (Wildman–Crippen MR) is 270 cm³/mol. The Labute approximate surface area is 391 Å². The molecule has 3 heterocycles. The highest BCUT2D eigenvalue weighted by molar-refractivity contribution is 7.00. The maximum absolute atomic E-state index is 13.6. The fourth-order valence-electron chi connectivity index (χ4n) is 11.0. The first kappa shape index (κ1) is 48.3. The van der Waals surface area contributed by atoms with Crippen molar-refractivity contribution in [3.8, 4) is 0 Å². The first-order chi connectivity index (χ1) is 31.1. The molecule has 4 aromatic carbocycles. The molecule has 0 radical (unpaired) electrons. The highest BCUT2D eigenvalue weighted by Crippen LogP contribution is 2.41. The van der Waals surface area contributed by atoms with Crippen LogP contribution in [0.4, 0.5) is 0 Å². The van der Waals surface area contributed by atoms with Gasteiger partial charge in [-0.1, -0.05) is 182 Å². The molecule has 3 aliphatic heterocycles. The van der Waals surface area contributed by atoms with Gasteiger partial charge in [0, 0.05) is 25.4 Å². The Morgan fingerprint density at radius 2 is 1.29 bits per heavy atom. The third-order valence-electron chi connectivity index (χ3n) is 14.1. The van der Waals surface area contributed by atoms with Crippen LogP contribution in [-0.2, 0) is 18.4 Å². The van der Waals surface area contributed by atoms with Crippen LogP contribution in [0.5, 0.6) is 0 Å². The van der Waals surface area contributed by atoms with E-state index in [1.165, 1.54) is 27.9 Å². The van der Waals surface area contributed by atoms with Crippen molar-refractivity contribution in [1.82, 2.24) is 10.6 Å². The van der Waals surface area contributed by atoms with Crippen LogP contribution in [0.25, 0.3) is 0 Å². The number of hydrogen-bond donors (Lipinski definition) is 3. The van der Waals surface area contributed by atoms with Crippen molar-refractivity contribution in [1.29, 1.82) is 0 Å². The van der Waals surface area contributed by atoms with E-state index in [9.17, 15) is 9.90 Å². The van der Waals surface area contributed by atoms with Gasteiger partial charge in [-0.15, -0.1) is 0 Å². The molecule has 0 spiro atoms. The van der Waals surface area contributed by atoms with Crippen LogP contribution in [0.2, 0.25) is 10.1 Å². The van der Waals surface area contributed by atoms with E-state index >= 15 is 0 Å². The fraction of sp³-hybridized carbons (Fsp3) is 0.455. The van der Waals surface area contributed by atoms with Crippen molar-refractivity contribution in [3.05, 3.63) is 145 Å². The molecule has 0 aromatic heterocycles. The molecule has 5 atom stereocenters. The Hall–Kier alpha value is -4.59. The number of ether oxygens (including phenoxy) is 1. The molecule has 346 valence electrons. The predicted octanol–water partition coefficient (Wildman–Crippen LogP) is 8.43. The minimum atomic E-state index is -2.73. The molecule has 65 heavy (non-hydrogen) atoms. The molecule has 3 aliphatic rings. The quantitative estimate of drug-likeness (QED) is 0.0400. The summed E-state index contributed by atoms with van der Waals surface area (Å²) in [5.41, 5.74) is 0.463. The minimum Gasteiger partial charge on any atom is -0.465 e. The number of carbonyl (C=O) groups is 1. The van der Waals surface area contributed by atoms with E-state index in [1.54, 1.807) is 0 Å². The molecule has 0 saturated carbocycles. The number of esters is 1. The first-order valence-corrected chi connectivity index (χ1v) is 27.9. The highest BCUT2D eigenvalue weighted by atomic mass is 28.4. The van der Waals surface area contributed by atoms with E-state index in [2.05, 4.69) is 204 Å². The van der Waals surface area contributed by atoms with E-state index < -0.39 is 22.4 Å². The Balaban J connectivity index is 1.05. The second-order valence-corrected chi connectivity index (χ2v) is 29.1. The zero-order chi connectivity index (χ0) is 46.5. The number of aliphatic hydroxyl groups is 1. The van der Waals surface area contributed by atoms with E-state index in [1.807, 2.05) is 0 Å². The van der Waals surface area contributed by atoms with E-state index in [-0.39, 0.29) is 40.3 Å². The fourth-order valence-corrected chi connectivity index (χ4v) is 20.5. The third kappa shape index (κ3) is 9.93. The second kappa shape index (κ2) is 20.1. The van der Waals surface area contributed by atoms with Gasteiger partial charge in [-0.2, -0.15) is 0 Å². The number of allylic oxidation sites excluding steroid dienone is 2. The lowest BCUT2D eigenvalue weighted by atomic mass is 9.95. The summed E-state index contributed by atoms with van der Waals surface area (Å²) in [6.45, 7) is 18.3. The van der Waals surface area contributed by atoms with Gasteiger partial charge < -0.3 is 18.7 Å². The first-order valence-electron chi connectivity index (χ1n) is 24.1. The van der Waals surface area contributed by atoms with Gasteiger partial charge in [0.25, 0.3) is 16.6 Å². The number of guanidine groups is 1. The van der Waals surface area contributed by atoms with Gasteiger partial charge in [-0.25, -0.2) is 15.4 Å². The molecule has 0 aliphatic carbocycles. The van der Waals surface area contributed by atoms with Gasteiger partial charge in [0.2, 0.25) is 0 Å². The van der Waals surface area contributed by atoms with Crippen LogP contribution in [0.1, 0.15) is 113 Å². The summed E-state index contributed by atoms with van der Waals surface area (Å²) < 4.78 is 22.6. The minimum absolute atomic E-state index is 0.0281. The third-order valence-corrected chi connectivity index (χ3v) is 24.3. The largest absolute Gasteiger partial charge is 0.465 e. The molecule has 4 aromatic rings. The van der Waals surface area contributed by atoms with Crippen LogP contribution >= 0.6 is 0 Å². The van der Waals surface area contributed by atoms with Crippen LogP contribution in [-0.4, -0.2) is 75.4 Å². The van der Waals surface area contributed by atoms with Gasteiger partial charge in [0.05, 0.1) is 25.0 Å². The van der Waals surface area contributed by atoms with Crippen LogP contribution in [0, 0.1) is 0 Å². The van der Waals surface area contributed by atoms with Crippen molar-refractivity contribution < 1.29 is 28.1 Å². The number of carbonyl (C=O) groups excluding carboxylic acids is 1. The summed E-state index contributed by atoms with van der Waals surface area (Å²) in [5, 5.41) is 24.3. The zero-order valence-corrected chi connectivity index (χ0v) is 42.4. The number of rotatable bonds is 18. The topological polar surface area (TPSA) is 92.1 Å². The molecule has 8 nitrogen and oxygen atoms in total. The van der Waals surface area contributed by atoms with E-state index in [4.69, 9.17) is 13.6 Å². The summed E-state index contributed by atoms with van der Waals surface area (Å²) in [5.74, 6) is 0.501. The van der Waals surface area contributed by atoms with Gasteiger partial charge >= 0.3 is 11.9 Å². The normalized spacial score (nSPS) is 21.1. The lowest BCUT2D eigenvalue weighted by molar-refractivity contribution is -0.585. The number of nitrogens with zero attached hydrogens (tertiary/aromatic N) is 1. The lowest BCUT2D eigenvalue weighted by Crippen LogP contribution is -2.67. The van der Waals surface area contributed by atoms with Crippen molar-refractivity contribution in [2.24, 2.45) is 0 Å². The lowest BCUT2D eigenvalue weighted by Gasteiger charge is -2.44. The molecule has 3 N–H and O–H groups in total. The number of methoxy groups -OCH3 is 1. The maximum atomic E-state index is 13.6. The summed E-state index contributed by atoms with van der Waals surface area (Å²) in [6, 6.07) is 43.2. The molecular formula is C55H74N3O5Si2+. The van der Waals surface area contributed by atoms with Crippen molar-refractivity contribution in [2.75, 3.05) is 7.11 Å². The Morgan fingerprint density at radius 3 is 1.75 bits per heavy atom. The van der Waals surface area contributed by atoms with Crippen LogP contribution < -0.4 is 31.4 Å². The Kier molecular flexibility index (Phi) is 15.0. The zero-order valence-electron chi connectivity index (χ0n) is 40.4. The van der Waals surface area contributed by atoms with Gasteiger partial charge in [-0.3, -0.25) is 4.58 Å². The molecule has 10 heteroatoms. The number of hydrogen-bond acceptors (Lipinski definition) is 7. The Morgan fingerprint density at radius 1 is 0.800 bits per heavy atom. The monoisotopic (exact) mass is 913 g/mol. The molecule has 1 fully saturated rings.